The van der Waals surface area contributed by atoms with E-state index in [1.807, 2.05) is 43.3 Å². The lowest BCUT2D eigenvalue weighted by Crippen LogP contribution is -2.27. The van der Waals surface area contributed by atoms with Crippen LogP contribution < -0.4 is 9.62 Å². The second-order valence-electron chi connectivity index (χ2n) is 5.28. The Morgan fingerprint density at radius 2 is 1.70 bits per heavy atom. The molecular formula is C16H18F2N2O2S. The van der Waals surface area contributed by atoms with Gasteiger partial charge in [0.15, 0.2) is 0 Å². The highest BCUT2D eigenvalue weighted by molar-refractivity contribution is 7.89. The van der Waals surface area contributed by atoms with Crippen molar-refractivity contribution in [3.8, 4) is 0 Å². The van der Waals surface area contributed by atoms with Crippen LogP contribution >= 0.6 is 0 Å². The number of halogens is 2. The molecule has 0 atom stereocenters. The lowest BCUT2D eigenvalue weighted by molar-refractivity contribution is 0.546. The van der Waals surface area contributed by atoms with E-state index in [4.69, 9.17) is 0 Å². The molecule has 0 fully saturated rings. The molecule has 0 heterocycles. The van der Waals surface area contributed by atoms with Crippen LogP contribution in [0, 0.1) is 11.6 Å². The zero-order chi connectivity index (χ0) is 17.0. The number of benzene rings is 2. The first kappa shape index (κ1) is 17.4. The Kier molecular flexibility index (Phi) is 5.33. The van der Waals surface area contributed by atoms with Crippen molar-refractivity contribution in [3.05, 3.63) is 59.7 Å². The Bertz CT molecular complexity index is 775. The van der Waals surface area contributed by atoms with E-state index in [0.717, 1.165) is 23.4 Å². The van der Waals surface area contributed by atoms with Gasteiger partial charge in [0.1, 0.15) is 16.5 Å². The molecule has 0 unspecified atom stereocenters. The molecule has 7 heteroatoms. The van der Waals surface area contributed by atoms with E-state index in [0.29, 0.717) is 12.5 Å². The molecule has 23 heavy (non-hydrogen) atoms. The molecule has 124 valence electrons. The van der Waals surface area contributed by atoms with E-state index in [-0.39, 0.29) is 6.54 Å². The molecule has 0 saturated carbocycles. The van der Waals surface area contributed by atoms with Crippen LogP contribution in [-0.2, 0) is 16.4 Å². The summed E-state index contributed by atoms with van der Waals surface area (Å²) in [4.78, 5) is 1.28. The van der Waals surface area contributed by atoms with Crippen LogP contribution in [0.15, 0.2) is 47.4 Å². The highest BCUT2D eigenvalue weighted by atomic mass is 32.2. The largest absolute Gasteiger partial charge is 0.378 e. The van der Waals surface area contributed by atoms with Crippen molar-refractivity contribution in [1.29, 1.82) is 0 Å². The lowest BCUT2D eigenvalue weighted by atomic mass is 10.1. The molecule has 0 aliphatic rings. The van der Waals surface area contributed by atoms with Crippen molar-refractivity contribution in [2.24, 2.45) is 0 Å². The lowest BCUT2D eigenvalue weighted by Gasteiger charge is -2.13. The molecule has 2 aromatic rings. The minimum Gasteiger partial charge on any atom is -0.378 e. The van der Waals surface area contributed by atoms with Crippen molar-refractivity contribution in [2.45, 2.75) is 11.3 Å². The summed E-state index contributed by atoms with van der Waals surface area (Å²) >= 11 is 0. The average molecular weight is 340 g/mol. The second-order valence-corrected chi connectivity index (χ2v) is 7.02. The third-order valence-corrected chi connectivity index (χ3v) is 4.82. The molecule has 2 aromatic carbocycles. The molecule has 0 aliphatic carbocycles. The van der Waals surface area contributed by atoms with Gasteiger partial charge in [0, 0.05) is 26.3 Å². The summed E-state index contributed by atoms with van der Waals surface area (Å²) in [7, 11) is -0.224. The van der Waals surface area contributed by atoms with E-state index >= 15 is 0 Å². The number of hydrogen-bond acceptors (Lipinski definition) is 3. The minimum absolute atomic E-state index is 0.0968. The highest BCUT2D eigenvalue weighted by Gasteiger charge is 2.19. The van der Waals surface area contributed by atoms with Gasteiger partial charge in [-0.1, -0.05) is 12.1 Å². The maximum atomic E-state index is 13.5. The quantitative estimate of drug-likeness (QED) is 0.879. The van der Waals surface area contributed by atoms with Crippen LogP contribution in [0.25, 0.3) is 0 Å². The summed E-state index contributed by atoms with van der Waals surface area (Å²) in [6, 6.07) is 9.99. The van der Waals surface area contributed by atoms with Gasteiger partial charge in [-0.15, -0.1) is 0 Å². The van der Waals surface area contributed by atoms with Gasteiger partial charge in [0.05, 0.1) is 0 Å². The monoisotopic (exact) mass is 340 g/mol. The highest BCUT2D eigenvalue weighted by Crippen LogP contribution is 2.16. The zero-order valence-electron chi connectivity index (χ0n) is 12.9. The van der Waals surface area contributed by atoms with Gasteiger partial charge in [-0.25, -0.2) is 21.9 Å². The average Bonchev–Trinajstić information content (AvgIpc) is 2.50. The van der Waals surface area contributed by atoms with Gasteiger partial charge in [-0.05, 0) is 42.3 Å². The van der Waals surface area contributed by atoms with Gasteiger partial charge in [0.25, 0.3) is 0 Å². The fourth-order valence-corrected chi connectivity index (χ4v) is 3.17. The van der Waals surface area contributed by atoms with Crippen molar-refractivity contribution >= 4 is 15.7 Å². The maximum Gasteiger partial charge on any atom is 0.243 e. The summed E-state index contributed by atoms with van der Waals surface area (Å²) in [6.07, 6.45) is 0.448. The maximum absolute atomic E-state index is 13.5. The molecule has 2 rings (SSSR count). The predicted octanol–water partition coefficient (Wildman–Crippen LogP) is 2.55. The summed E-state index contributed by atoms with van der Waals surface area (Å²) < 4.78 is 53.0. The van der Waals surface area contributed by atoms with E-state index in [1.165, 1.54) is 0 Å². The molecule has 0 bridgehead atoms. The molecule has 1 N–H and O–H groups in total. The fourth-order valence-electron chi connectivity index (χ4n) is 2.05. The topological polar surface area (TPSA) is 49.4 Å². The predicted molar refractivity (Wildman–Crippen MR) is 86.0 cm³/mol. The molecule has 0 radical (unpaired) electrons. The smallest absolute Gasteiger partial charge is 0.243 e. The Labute approximate surface area is 134 Å². The third kappa shape index (κ3) is 4.49. The van der Waals surface area contributed by atoms with Gasteiger partial charge in [0.2, 0.25) is 10.0 Å². The zero-order valence-corrected chi connectivity index (χ0v) is 13.7. The first-order chi connectivity index (χ1) is 10.8. The van der Waals surface area contributed by atoms with E-state index in [2.05, 4.69) is 4.72 Å². The van der Waals surface area contributed by atoms with Crippen molar-refractivity contribution in [3.63, 3.8) is 0 Å². The normalized spacial score (nSPS) is 11.5. The van der Waals surface area contributed by atoms with Crippen molar-refractivity contribution in [1.82, 2.24) is 4.72 Å². The summed E-state index contributed by atoms with van der Waals surface area (Å²) in [5.74, 6) is -1.78. The molecule has 0 aromatic heterocycles. The van der Waals surface area contributed by atoms with Crippen LogP contribution in [0.5, 0.6) is 0 Å². The number of nitrogens with zero attached hydrogens (tertiary/aromatic N) is 1. The second kappa shape index (κ2) is 7.06. The summed E-state index contributed by atoms with van der Waals surface area (Å²) in [6.45, 7) is 0.0968. The number of rotatable bonds is 6. The number of sulfonamides is 1. The van der Waals surface area contributed by atoms with Crippen molar-refractivity contribution < 1.29 is 17.2 Å². The summed E-state index contributed by atoms with van der Waals surface area (Å²) in [5, 5.41) is 0. The van der Waals surface area contributed by atoms with Crippen LogP contribution in [0.2, 0.25) is 0 Å². The van der Waals surface area contributed by atoms with E-state index in [9.17, 15) is 17.2 Å². The standard InChI is InChI=1S/C16H18F2N2O2S/c1-20(2)14-6-3-12(4-7-14)9-10-19-23(21,22)16-11-13(17)5-8-15(16)18/h3-8,11,19H,9-10H2,1-2H3. The molecule has 0 saturated heterocycles. The van der Waals surface area contributed by atoms with Crippen molar-refractivity contribution in [2.75, 3.05) is 25.5 Å². The number of nitrogens with one attached hydrogen (secondary N) is 1. The van der Waals surface area contributed by atoms with Gasteiger partial charge < -0.3 is 4.90 Å². The van der Waals surface area contributed by atoms with Gasteiger partial charge in [-0.3, -0.25) is 0 Å². The fraction of sp³-hybridized carbons (Fsp3) is 0.250. The van der Waals surface area contributed by atoms with Gasteiger partial charge in [-0.2, -0.15) is 0 Å². The SMILES string of the molecule is CN(C)c1ccc(CCNS(=O)(=O)c2cc(F)ccc2F)cc1. The Balaban J connectivity index is 2.01. The molecule has 0 aliphatic heterocycles. The van der Waals surface area contributed by atoms with Crippen LogP contribution in [-0.4, -0.2) is 29.1 Å². The van der Waals surface area contributed by atoms with Crippen LogP contribution in [0.3, 0.4) is 0 Å². The van der Waals surface area contributed by atoms with Gasteiger partial charge >= 0.3 is 0 Å². The Morgan fingerprint density at radius 3 is 2.30 bits per heavy atom. The van der Waals surface area contributed by atoms with E-state index in [1.54, 1.807) is 0 Å². The molecule has 4 nitrogen and oxygen atoms in total. The first-order valence-corrected chi connectivity index (χ1v) is 8.49. The minimum atomic E-state index is -4.08. The Morgan fingerprint density at radius 1 is 1.04 bits per heavy atom. The Hall–Kier alpha value is -1.99. The molecule has 0 amide bonds. The number of anilines is 1. The van der Waals surface area contributed by atoms with Crippen LogP contribution in [0.1, 0.15) is 5.56 Å². The van der Waals surface area contributed by atoms with Crippen LogP contribution in [0.4, 0.5) is 14.5 Å². The molecular weight excluding hydrogens is 322 g/mol. The first-order valence-electron chi connectivity index (χ1n) is 7.00. The number of hydrogen-bond donors (Lipinski definition) is 1. The van der Waals surface area contributed by atoms with E-state index < -0.39 is 26.6 Å². The summed E-state index contributed by atoms with van der Waals surface area (Å²) in [5.41, 5.74) is 1.98. The third-order valence-electron chi connectivity index (χ3n) is 3.34. The molecule has 0 spiro atoms.